The smallest absolute Gasteiger partial charge is 0.268 e. The van der Waals surface area contributed by atoms with Crippen LogP contribution in [0.15, 0.2) is 45.1 Å². The molecule has 4 nitrogen and oxygen atoms in total. The van der Waals surface area contributed by atoms with Gasteiger partial charge in [-0.25, -0.2) is 0 Å². The molecule has 2 aromatic heterocycles. The third-order valence-electron chi connectivity index (χ3n) is 2.81. The zero-order valence-corrected chi connectivity index (χ0v) is 12.5. The number of nitrogen functional groups attached to an aromatic ring is 1. The molecule has 0 aliphatic heterocycles. The molecule has 0 aliphatic carbocycles. The Morgan fingerprint density at radius 3 is 3.00 bits per heavy atom. The molecule has 1 aromatic carbocycles. The maximum Gasteiger partial charge on any atom is 0.268 e. The molecular weight excluding hydrogens is 290 g/mol. The highest BCUT2D eigenvalue weighted by Crippen LogP contribution is 2.27. The van der Waals surface area contributed by atoms with Crippen molar-refractivity contribution in [3.63, 3.8) is 0 Å². The van der Waals surface area contributed by atoms with Crippen LogP contribution in [0, 0.1) is 6.92 Å². The highest BCUT2D eigenvalue weighted by atomic mass is 32.2. The summed E-state index contributed by atoms with van der Waals surface area (Å²) >= 11 is 3.26. The molecule has 102 valence electrons. The molecule has 0 aliphatic rings. The lowest BCUT2D eigenvalue weighted by molar-refractivity contribution is 0.426. The summed E-state index contributed by atoms with van der Waals surface area (Å²) in [4.78, 5) is 6.54. The van der Waals surface area contributed by atoms with E-state index in [9.17, 15) is 0 Å². The second-order valence-electron chi connectivity index (χ2n) is 4.30. The number of nitrogens with zero attached hydrogens (tertiary/aromatic N) is 2. The van der Waals surface area contributed by atoms with Crippen molar-refractivity contribution in [2.24, 2.45) is 0 Å². The van der Waals surface area contributed by atoms with E-state index in [0.717, 1.165) is 21.0 Å². The Kier molecular flexibility index (Phi) is 3.75. The Balaban J connectivity index is 1.68. The predicted octanol–water partition coefficient (Wildman–Crippen LogP) is 3.98. The molecule has 0 fully saturated rings. The van der Waals surface area contributed by atoms with E-state index in [1.54, 1.807) is 23.1 Å². The lowest BCUT2D eigenvalue weighted by Gasteiger charge is -2.03. The van der Waals surface area contributed by atoms with Gasteiger partial charge in [0.15, 0.2) is 5.82 Å². The molecule has 0 unspecified atom stereocenters. The van der Waals surface area contributed by atoms with Crippen LogP contribution in [0.3, 0.4) is 0 Å². The third kappa shape index (κ3) is 2.86. The molecular formula is C14H13N3OS2. The van der Waals surface area contributed by atoms with Gasteiger partial charge >= 0.3 is 0 Å². The van der Waals surface area contributed by atoms with Gasteiger partial charge in [-0.05, 0) is 42.1 Å². The van der Waals surface area contributed by atoms with Gasteiger partial charge in [-0.15, -0.1) is 23.1 Å². The van der Waals surface area contributed by atoms with Crippen LogP contribution in [0.1, 0.15) is 11.4 Å². The van der Waals surface area contributed by atoms with Crippen LogP contribution in [0.4, 0.5) is 5.69 Å². The van der Waals surface area contributed by atoms with Gasteiger partial charge in [0, 0.05) is 10.6 Å². The van der Waals surface area contributed by atoms with Crippen molar-refractivity contribution in [1.82, 2.24) is 10.1 Å². The first kappa shape index (κ1) is 13.2. The Morgan fingerprint density at radius 1 is 1.35 bits per heavy atom. The molecule has 0 spiro atoms. The van der Waals surface area contributed by atoms with E-state index < -0.39 is 0 Å². The molecule has 20 heavy (non-hydrogen) atoms. The molecule has 2 heterocycles. The van der Waals surface area contributed by atoms with Crippen molar-refractivity contribution in [3.05, 3.63) is 47.1 Å². The first-order valence-corrected chi connectivity index (χ1v) is 7.94. The monoisotopic (exact) mass is 303 g/mol. The van der Waals surface area contributed by atoms with Gasteiger partial charge in [0.25, 0.3) is 5.89 Å². The molecule has 2 N–H and O–H groups in total. The maximum absolute atomic E-state index is 5.81. The standard InChI is InChI=1S/C14H13N3OS2/c1-9-7-10(4-5-11(9)15)20-8-13-16-14(18-17-13)12-3-2-6-19-12/h2-7H,8,15H2,1H3. The van der Waals surface area contributed by atoms with Crippen molar-refractivity contribution in [2.75, 3.05) is 5.73 Å². The Morgan fingerprint density at radius 2 is 2.25 bits per heavy atom. The van der Waals surface area contributed by atoms with E-state index in [0.29, 0.717) is 17.5 Å². The predicted molar refractivity (Wildman–Crippen MR) is 82.8 cm³/mol. The zero-order valence-electron chi connectivity index (χ0n) is 10.9. The molecule has 3 aromatic rings. The van der Waals surface area contributed by atoms with Crippen LogP contribution < -0.4 is 5.73 Å². The number of hydrogen-bond acceptors (Lipinski definition) is 6. The maximum atomic E-state index is 5.81. The second-order valence-corrected chi connectivity index (χ2v) is 6.30. The van der Waals surface area contributed by atoms with E-state index in [-0.39, 0.29) is 0 Å². The van der Waals surface area contributed by atoms with Crippen LogP contribution in [-0.4, -0.2) is 10.1 Å². The van der Waals surface area contributed by atoms with Gasteiger partial charge in [0.05, 0.1) is 10.6 Å². The van der Waals surface area contributed by atoms with E-state index in [1.165, 1.54) is 0 Å². The number of nitrogens with two attached hydrogens (primary N) is 1. The summed E-state index contributed by atoms with van der Waals surface area (Å²) in [7, 11) is 0. The average molecular weight is 303 g/mol. The van der Waals surface area contributed by atoms with Gasteiger partial charge in [0.2, 0.25) is 0 Å². The number of aryl methyl sites for hydroxylation is 1. The van der Waals surface area contributed by atoms with Crippen molar-refractivity contribution in [2.45, 2.75) is 17.6 Å². The summed E-state index contributed by atoms with van der Waals surface area (Å²) in [6.07, 6.45) is 0. The zero-order chi connectivity index (χ0) is 13.9. The number of rotatable bonds is 4. The van der Waals surface area contributed by atoms with E-state index in [2.05, 4.69) is 16.2 Å². The largest absolute Gasteiger partial charge is 0.399 e. The first-order chi connectivity index (χ1) is 9.72. The fraction of sp³-hybridized carbons (Fsp3) is 0.143. The van der Waals surface area contributed by atoms with Crippen LogP contribution in [0.2, 0.25) is 0 Å². The normalized spacial score (nSPS) is 10.8. The van der Waals surface area contributed by atoms with Gasteiger partial charge < -0.3 is 10.3 Å². The SMILES string of the molecule is Cc1cc(SCc2noc(-c3cccs3)n2)ccc1N. The van der Waals surface area contributed by atoms with E-state index >= 15 is 0 Å². The van der Waals surface area contributed by atoms with Crippen LogP contribution in [-0.2, 0) is 5.75 Å². The molecule has 0 saturated heterocycles. The number of thiophene rings is 1. The summed E-state index contributed by atoms with van der Waals surface area (Å²) in [5.41, 5.74) is 7.71. The summed E-state index contributed by atoms with van der Waals surface area (Å²) in [6.45, 7) is 2.00. The molecule has 0 amide bonds. The minimum atomic E-state index is 0.587. The van der Waals surface area contributed by atoms with Crippen LogP contribution >= 0.6 is 23.1 Å². The third-order valence-corrected chi connectivity index (χ3v) is 4.66. The summed E-state index contributed by atoms with van der Waals surface area (Å²) in [5, 5.41) is 5.99. The highest BCUT2D eigenvalue weighted by Gasteiger charge is 2.10. The number of thioether (sulfide) groups is 1. The quantitative estimate of drug-likeness (QED) is 0.583. The Bertz CT molecular complexity index is 707. The molecule has 0 radical (unpaired) electrons. The summed E-state index contributed by atoms with van der Waals surface area (Å²) in [5.74, 6) is 1.97. The minimum absolute atomic E-state index is 0.587. The van der Waals surface area contributed by atoms with E-state index in [4.69, 9.17) is 10.3 Å². The van der Waals surface area contributed by atoms with Gasteiger partial charge in [0.1, 0.15) is 0 Å². The molecule has 3 rings (SSSR count). The van der Waals surface area contributed by atoms with Crippen LogP contribution in [0.25, 0.3) is 10.8 Å². The first-order valence-electron chi connectivity index (χ1n) is 6.08. The lowest BCUT2D eigenvalue weighted by Crippen LogP contribution is -1.89. The topological polar surface area (TPSA) is 64.9 Å². The summed E-state index contributed by atoms with van der Waals surface area (Å²) in [6, 6.07) is 9.94. The number of aromatic nitrogens is 2. The van der Waals surface area contributed by atoms with Crippen LogP contribution in [0.5, 0.6) is 0 Å². The van der Waals surface area contributed by atoms with Crippen molar-refractivity contribution < 1.29 is 4.52 Å². The molecule has 6 heteroatoms. The summed E-state index contributed by atoms with van der Waals surface area (Å²) < 4.78 is 5.26. The number of anilines is 1. The number of benzene rings is 1. The fourth-order valence-electron chi connectivity index (χ4n) is 1.70. The van der Waals surface area contributed by atoms with E-state index in [1.807, 2.05) is 36.6 Å². The highest BCUT2D eigenvalue weighted by molar-refractivity contribution is 7.98. The molecule has 0 atom stereocenters. The molecule has 0 bridgehead atoms. The van der Waals surface area contributed by atoms with Gasteiger partial charge in [-0.3, -0.25) is 0 Å². The van der Waals surface area contributed by atoms with Crippen molar-refractivity contribution in [1.29, 1.82) is 0 Å². The molecule has 0 saturated carbocycles. The van der Waals surface area contributed by atoms with Gasteiger partial charge in [-0.2, -0.15) is 4.98 Å². The van der Waals surface area contributed by atoms with Crippen molar-refractivity contribution in [3.8, 4) is 10.8 Å². The number of hydrogen-bond donors (Lipinski definition) is 1. The minimum Gasteiger partial charge on any atom is -0.399 e. The van der Waals surface area contributed by atoms with Gasteiger partial charge in [-0.1, -0.05) is 11.2 Å². The lowest BCUT2D eigenvalue weighted by atomic mass is 10.2. The Hall–Kier alpha value is -1.79. The second kappa shape index (κ2) is 5.68. The Labute approximate surface area is 125 Å². The van der Waals surface area contributed by atoms with Crippen molar-refractivity contribution >= 4 is 28.8 Å². The average Bonchev–Trinajstić information content (AvgIpc) is 3.09. The fourth-order valence-corrected chi connectivity index (χ4v) is 3.18.